The van der Waals surface area contributed by atoms with Crippen molar-refractivity contribution >= 4 is 55.1 Å². The van der Waals surface area contributed by atoms with Crippen molar-refractivity contribution in [2.75, 3.05) is 10.8 Å². The van der Waals surface area contributed by atoms with E-state index in [2.05, 4.69) is 21.2 Å². The third-order valence-corrected chi connectivity index (χ3v) is 8.42. The van der Waals surface area contributed by atoms with Crippen molar-refractivity contribution in [3.63, 3.8) is 0 Å². The van der Waals surface area contributed by atoms with E-state index in [0.717, 1.165) is 14.3 Å². The molecule has 0 bridgehead atoms. The molecule has 0 heterocycles. The summed E-state index contributed by atoms with van der Waals surface area (Å²) < 4.78 is 29.6. The SMILES string of the molecule is Cc1ccccc1N(CC(=O)N(Cc1cccc(Br)c1)[C@@H](C)C(=O)NC(C)C)S(=O)(=O)c1ccc(Cl)cc1. The standard InChI is InChI=1S/C28H31BrClN3O4S/c1-19(2)31-28(35)21(4)32(17-22-9-7-10-23(29)16-22)27(34)18-33(26-11-6-5-8-20(26)3)38(36,37)25-14-12-24(30)13-15-25/h5-16,19,21H,17-18H2,1-4H3,(H,31,35)/t21-/m0/s1. The summed E-state index contributed by atoms with van der Waals surface area (Å²) in [5.74, 6) is -0.844. The molecule has 10 heteroatoms. The van der Waals surface area contributed by atoms with Crippen molar-refractivity contribution in [2.45, 2.75) is 51.2 Å². The number of nitrogens with zero attached hydrogens (tertiary/aromatic N) is 2. The van der Waals surface area contributed by atoms with Crippen LogP contribution < -0.4 is 9.62 Å². The van der Waals surface area contributed by atoms with Crippen LogP contribution in [0.5, 0.6) is 0 Å². The molecule has 0 radical (unpaired) electrons. The molecule has 0 fully saturated rings. The maximum atomic E-state index is 13.9. The Kier molecular flexibility index (Phi) is 9.98. The van der Waals surface area contributed by atoms with Gasteiger partial charge in [0.05, 0.1) is 10.6 Å². The van der Waals surface area contributed by atoms with Gasteiger partial charge < -0.3 is 10.2 Å². The van der Waals surface area contributed by atoms with E-state index in [1.165, 1.54) is 29.2 Å². The number of amides is 2. The van der Waals surface area contributed by atoms with Crippen molar-refractivity contribution in [3.05, 3.63) is 93.4 Å². The number of carbonyl (C=O) groups excluding carboxylic acids is 2. The molecule has 202 valence electrons. The number of nitrogens with one attached hydrogen (secondary N) is 1. The van der Waals surface area contributed by atoms with Gasteiger partial charge in [-0.05, 0) is 81.3 Å². The molecule has 38 heavy (non-hydrogen) atoms. The number of hydrogen-bond acceptors (Lipinski definition) is 4. The molecule has 1 N–H and O–H groups in total. The lowest BCUT2D eigenvalue weighted by molar-refractivity contribution is -0.139. The minimum absolute atomic E-state index is 0.00194. The minimum atomic E-state index is -4.15. The molecule has 0 aliphatic rings. The van der Waals surface area contributed by atoms with Gasteiger partial charge in [0, 0.05) is 22.1 Å². The highest BCUT2D eigenvalue weighted by molar-refractivity contribution is 9.10. The Balaban J connectivity index is 2.05. The summed E-state index contributed by atoms with van der Waals surface area (Å²) in [6.45, 7) is 6.71. The number of anilines is 1. The summed E-state index contributed by atoms with van der Waals surface area (Å²) in [6.07, 6.45) is 0. The molecule has 0 aromatic heterocycles. The Morgan fingerprint density at radius 3 is 2.24 bits per heavy atom. The Labute approximate surface area is 238 Å². The Morgan fingerprint density at radius 2 is 1.63 bits per heavy atom. The highest BCUT2D eigenvalue weighted by Gasteiger charge is 2.33. The molecule has 0 aliphatic carbocycles. The number of benzene rings is 3. The summed E-state index contributed by atoms with van der Waals surface area (Å²) in [5.41, 5.74) is 1.85. The highest BCUT2D eigenvalue weighted by Crippen LogP contribution is 2.28. The van der Waals surface area contributed by atoms with Crippen LogP contribution >= 0.6 is 27.5 Å². The average molecular weight is 621 g/mol. The Hall–Kier alpha value is -2.88. The van der Waals surface area contributed by atoms with Crippen molar-refractivity contribution in [2.24, 2.45) is 0 Å². The van der Waals surface area contributed by atoms with E-state index in [-0.39, 0.29) is 23.4 Å². The number of rotatable bonds is 10. The van der Waals surface area contributed by atoms with Gasteiger partial charge in [-0.25, -0.2) is 8.42 Å². The first kappa shape index (κ1) is 29.7. The fraction of sp³-hybridized carbons (Fsp3) is 0.286. The molecule has 0 saturated heterocycles. The van der Waals surface area contributed by atoms with E-state index in [9.17, 15) is 18.0 Å². The minimum Gasteiger partial charge on any atom is -0.352 e. The first-order chi connectivity index (χ1) is 17.9. The molecule has 3 aromatic rings. The van der Waals surface area contributed by atoms with E-state index in [4.69, 9.17) is 11.6 Å². The molecule has 0 aliphatic heterocycles. The largest absolute Gasteiger partial charge is 0.352 e. The molecule has 3 rings (SSSR count). The molecule has 2 amide bonds. The second kappa shape index (κ2) is 12.8. The fourth-order valence-electron chi connectivity index (χ4n) is 3.91. The monoisotopic (exact) mass is 619 g/mol. The van der Waals surface area contributed by atoms with E-state index in [1.54, 1.807) is 38.1 Å². The first-order valence-corrected chi connectivity index (χ1v) is 14.7. The number of sulfonamides is 1. The molecule has 0 unspecified atom stereocenters. The van der Waals surface area contributed by atoms with Gasteiger partial charge in [-0.3, -0.25) is 13.9 Å². The zero-order chi connectivity index (χ0) is 28.0. The van der Waals surface area contributed by atoms with Crippen molar-refractivity contribution in [3.8, 4) is 0 Å². The van der Waals surface area contributed by atoms with Crippen LogP contribution in [-0.4, -0.2) is 43.8 Å². The lowest BCUT2D eigenvalue weighted by Crippen LogP contribution is -2.52. The van der Waals surface area contributed by atoms with Crippen LogP contribution in [0.15, 0.2) is 82.2 Å². The Bertz CT molecular complexity index is 1400. The molecule has 0 saturated carbocycles. The van der Waals surface area contributed by atoms with E-state index >= 15 is 0 Å². The third kappa shape index (κ3) is 7.36. The maximum absolute atomic E-state index is 13.9. The van der Waals surface area contributed by atoms with Gasteiger partial charge in [0.1, 0.15) is 12.6 Å². The predicted octanol–water partition coefficient (Wildman–Crippen LogP) is 5.55. The van der Waals surface area contributed by atoms with Crippen molar-refractivity contribution in [1.82, 2.24) is 10.2 Å². The van der Waals surface area contributed by atoms with Crippen LogP contribution in [0, 0.1) is 6.92 Å². The van der Waals surface area contributed by atoms with Gasteiger partial charge in [0.15, 0.2) is 0 Å². The number of para-hydroxylation sites is 1. The van der Waals surface area contributed by atoms with E-state index < -0.39 is 28.5 Å². The second-order valence-electron chi connectivity index (χ2n) is 9.24. The van der Waals surface area contributed by atoms with E-state index in [1.807, 2.05) is 38.1 Å². The third-order valence-electron chi connectivity index (χ3n) is 5.90. The van der Waals surface area contributed by atoms with Gasteiger partial charge in [-0.2, -0.15) is 0 Å². The fourth-order valence-corrected chi connectivity index (χ4v) is 5.96. The summed E-state index contributed by atoms with van der Waals surface area (Å²) in [5, 5.41) is 3.24. The van der Waals surface area contributed by atoms with Crippen LogP contribution in [0.3, 0.4) is 0 Å². The molecule has 1 atom stereocenters. The van der Waals surface area contributed by atoms with Gasteiger partial charge >= 0.3 is 0 Å². The summed E-state index contributed by atoms with van der Waals surface area (Å²) in [4.78, 5) is 28.3. The lowest BCUT2D eigenvalue weighted by atomic mass is 10.1. The van der Waals surface area contributed by atoms with Crippen LogP contribution in [0.4, 0.5) is 5.69 Å². The van der Waals surface area contributed by atoms with Crippen LogP contribution in [0.1, 0.15) is 31.9 Å². The van der Waals surface area contributed by atoms with Gasteiger partial charge in [0.2, 0.25) is 11.8 Å². The van der Waals surface area contributed by atoms with Gasteiger partial charge in [0.25, 0.3) is 10.0 Å². The maximum Gasteiger partial charge on any atom is 0.264 e. The number of halogens is 2. The number of hydrogen-bond donors (Lipinski definition) is 1. The smallest absolute Gasteiger partial charge is 0.264 e. The first-order valence-electron chi connectivity index (χ1n) is 12.1. The Morgan fingerprint density at radius 1 is 0.974 bits per heavy atom. The van der Waals surface area contributed by atoms with Crippen LogP contribution in [0.25, 0.3) is 0 Å². The second-order valence-corrected chi connectivity index (χ2v) is 12.5. The molecular formula is C28H31BrClN3O4S. The number of aryl methyl sites for hydroxylation is 1. The number of carbonyl (C=O) groups is 2. The predicted molar refractivity (Wildman–Crippen MR) is 155 cm³/mol. The van der Waals surface area contributed by atoms with Crippen molar-refractivity contribution < 1.29 is 18.0 Å². The van der Waals surface area contributed by atoms with Crippen LogP contribution in [-0.2, 0) is 26.2 Å². The molecular weight excluding hydrogens is 590 g/mol. The summed E-state index contributed by atoms with van der Waals surface area (Å²) >= 11 is 9.43. The average Bonchev–Trinajstić information content (AvgIpc) is 2.85. The zero-order valence-electron chi connectivity index (χ0n) is 21.7. The molecule has 7 nitrogen and oxygen atoms in total. The molecule has 3 aromatic carbocycles. The van der Waals surface area contributed by atoms with Gasteiger partial charge in [-0.15, -0.1) is 0 Å². The topological polar surface area (TPSA) is 86.8 Å². The summed E-state index contributed by atoms with van der Waals surface area (Å²) in [6, 6.07) is 19.2. The lowest BCUT2D eigenvalue weighted by Gasteiger charge is -2.32. The van der Waals surface area contributed by atoms with Crippen LogP contribution in [0.2, 0.25) is 5.02 Å². The zero-order valence-corrected chi connectivity index (χ0v) is 24.8. The van der Waals surface area contributed by atoms with Crippen molar-refractivity contribution in [1.29, 1.82) is 0 Å². The quantitative estimate of drug-likeness (QED) is 0.322. The summed E-state index contributed by atoms with van der Waals surface area (Å²) in [7, 11) is -4.15. The normalized spacial score (nSPS) is 12.2. The van der Waals surface area contributed by atoms with E-state index in [0.29, 0.717) is 16.3 Å². The molecule has 0 spiro atoms. The highest BCUT2D eigenvalue weighted by atomic mass is 79.9. The van der Waals surface area contributed by atoms with Gasteiger partial charge in [-0.1, -0.05) is 57.9 Å².